The van der Waals surface area contributed by atoms with Crippen LogP contribution in [0.1, 0.15) is 23.7 Å². The van der Waals surface area contributed by atoms with Gasteiger partial charge >= 0.3 is 5.97 Å². The maximum Gasteiger partial charge on any atom is 0.305 e. The van der Waals surface area contributed by atoms with Crippen molar-refractivity contribution in [1.29, 1.82) is 0 Å². The molecule has 0 saturated heterocycles. The predicted octanol–water partition coefficient (Wildman–Crippen LogP) is 0.651. The number of carboxylic acids is 1. The maximum absolute atomic E-state index is 12.0. The zero-order valence-corrected chi connectivity index (χ0v) is 11.9. The van der Waals surface area contributed by atoms with E-state index >= 15 is 0 Å². The zero-order valence-electron chi connectivity index (χ0n) is 11.1. The smallest absolute Gasteiger partial charge is 0.305 e. The van der Waals surface area contributed by atoms with Crippen LogP contribution in [0.4, 0.5) is 5.69 Å². The van der Waals surface area contributed by atoms with Crippen LogP contribution >= 0.6 is 0 Å². The van der Waals surface area contributed by atoms with Gasteiger partial charge in [-0.25, -0.2) is 8.42 Å². The number of carbonyl (C=O) groups is 2. The van der Waals surface area contributed by atoms with E-state index in [1.165, 1.54) is 12.1 Å². The largest absolute Gasteiger partial charge is 0.481 e. The summed E-state index contributed by atoms with van der Waals surface area (Å²) >= 11 is 0. The Morgan fingerprint density at radius 1 is 1.30 bits per heavy atom. The Morgan fingerprint density at radius 3 is 2.45 bits per heavy atom. The minimum absolute atomic E-state index is 0.134. The van der Waals surface area contributed by atoms with Crippen LogP contribution in [0.5, 0.6) is 0 Å². The number of nitrogens with one attached hydrogen (secondary N) is 2. The van der Waals surface area contributed by atoms with E-state index in [1.807, 2.05) is 0 Å². The highest BCUT2D eigenvalue weighted by atomic mass is 32.2. The minimum Gasteiger partial charge on any atom is -0.481 e. The molecule has 1 atom stereocenters. The van der Waals surface area contributed by atoms with Gasteiger partial charge in [0, 0.05) is 6.04 Å². The monoisotopic (exact) mass is 300 g/mol. The molecule has 1 amide bonds. The second-order valence-corrected chi connectivity index (χ2v) is 6.14. The number of sulfonamides is 1. The molecule has 0 aliphatic rings. The van der Waals surface area contributed by atoms with Gasteiger partial charge in [-0.15, -0.1) is 0 Å². The third kappa shape index (κ3) is 5.27. The minimum atomic E-state index is -3.50. The molecule has 0 heterocycles. The van der Waals surface area contributed by atoms with Crippen molar-refractivity contribution in [2.75, 3.05) is 11.0 Å². The number of aliphatic carboxylic acids is 1. The Hall–Kier alpha value is -2.09. The quantitative estimate of drug-likeness (QED) is 0.714. The molecule has 20 heavy (non-hydrogen) atoms. The van der Waals surface area contributed by atoms with Gasteiger partial charge in [-0.1, -0.05) is 12.1 Å². The summed E-state index contributed by atoms with van der Waals surface area (Å²) in [5, 5.41) is 11.1. The van der Waals surface area contributed by atoms with Gasteiger partial charge in [0.25, 0.3) is 5.91 Å². The summed E-state index contributed by atoms with van der Waals surface area (Å²) < 4.78 is 24.7. The van der Waals surface area contributed by atoms with Crippen LogP contribution < -0.4 is 10.0 Å². The second kappa shape index (κ2) is 6.38. The summed E-state index contributed by atoms with van der Waals surface area (Å²) in [5.74, 6) is -1.56. The van der Waals surface area contributed by atoms with Gasteiger partial charge in [0.1, 0.15) is 0 Å². The molecule has 0 spiro atoms. The average Bonchev–Trinajstić information content (AvgIpc) is 2.25. The molecule has 0 aliphatic heterocycles. The van der Waals surface area contributed by atoms with Crippen molar-refractivity contribution in [2.24, 2.45) is 0 Å². The molecular formula is C12H16N2O5S. The lowest BCUT2D eigenvalue weighted by Gasteiger charge is -2.14. The lowest BCUT2D eigenvalue weighted by molar-refractivity contribution is -0.137. The summed E-state index contributed by atoms with van der Waals surface area (Å²) in [6.07, 6.45) is 0.766. The molecule has 8 heteroatoms. The highest BCUT2D eigenvalue weighted by molar-refractivity contribution is 7.92. The Labute approximate surface area is 117 Å². The molecule has 0 aromatic heterocycles. The van der Waals surface area contributed by atoms with Gasteiger partial charge < -0.3 is 10.4 Å². The molecule has 0 radical (unpaired) electrons. The van der Waals surface area contributed by atoms with Gasteiger partial charge in [0.15, 0.2) is 0 Å². The lowest BCUT2D eigenvalue weighted by atomic mass is 10.1. The lowest BCUT2D eigenvalue weighted by Crippen LogP contribution is -2.34. The first kappa shape index (κ1) is 16.0. The number of benzene rings is 1. The van der Waals surface area contributed by atoms with E-state index < -0.39 is 27.9 Å². The highest BCUT2D eigenvalue weighted by Gasteiger charge is 2.16. The topological polar surface area (TPSA) is 113 Å². The molecule has 0 fully saturated rings. The molecule has 0 saturated carbocycles. The molecule has 1 unspecified atom stereocenters. The SMILES string of the molecule is CC(CC(=O)O)NC(=O)c1ccccc1NS(C)(=O)=O. The summed E-state index contributed by atoms with van der Waals surface area (Å²) in [4.78, 5) is 22.5. The predicted molar refractivity (Wildman–Crippen MR) is 74.1 cm³/mol. The van der Waals surface area contributed by atoms with Gasteiger partial charge in [0.2, 0.25) is 10.0 Å². The van der Waals surface area contributed by atoms with Gasteiger partial charge in [-0.05, 0) is 19.1 Å². The standard InChI is InChI=1S/C12H16N2O5S/c1-8(7-11(15)16)13-12(17)9-5-3-4-6-10(9)14-20(2,18)19/h3-6,8,14H,7H2,1-2H3,(H,13,17)(H,15,16). The van der Waals surface area contributed by atoms with Crippen molar-refractivity contribution < 1.29 is 23.1 Å². The Bertz CT molecular complexity index is 612. The van der Waals surface area contributed by atoms with E-state index in [1.54, 1.807) is 19.1 Å². The first-order valence-electron chi connectivity index (χ1n) is 5.78. The molecule has 0 bridgehead atoms. The molecule has 3 N–H and O–H groups in total. The number of hydrogen-bond acceptors (Lipinski definition) is 4. The fraction of sp³-hybridized carbons (Fsp3) is 0.333. The number of para-hydroxylation sites is 1. The zero-order chi connectivity index (χ0) is 15.3. The van der Waals surface area contributed by atoms with Crippen LogP contribution in [0.2, 0.25) is 0 Å². The first-order chi connectivity index (χ1) is 9.19. The first-order valence-corrected chi connectivity index (χ1v) is 7.67. The van der Waals surface area contributed by atoms with Crippen LogP contribution in [0.25, 0.3) is 0 Å². The van der Waals surface area contributed by atoms with E-state index in [0.29, 0.717) is 0 Å². The number of amides is 1. The number of carboxylic acid groups (broad SMARTS) is 1. The normalized spacial score (nSPS) is 12.5. The Morgan fingerprint density at radius 2 is 1.90 bits per heavy atom. The van der Waals surface area contributed by atoms with E-state index in [-0.39, 0.29) is 17.7 Å². The van der Waals surface area contributed by atoms with Gasteiger partial charge in [-0.3, -0.25) is 14.3 Å². The van der Waals surface area contributed by atoms with Crippen molar-refractivity contribution in [3.05, 3.63) is 29.8 Å². The second-order valence-electron chi connectivity index (χ2n) is 4.39. The summed E-state index contributed by atoms with van der Waals surface area (Å²) in [6.45, 7) is 1.55. The molecule has 1 rings (SSSR count). The molecule has 7 nitrogen and oxygen atoms in total. The summed E-state index contributed by atoms with van der Waals surface area (Å²) in [6, 6.07) is 5.52. The maximum atomic E-state index is 12.0. The Kier molecular flexibility index (Phi) is 5.09. The van der Waals surface area contributed by atoms with Crippen molar-refractivity contribution >= 4 is 27.6 Å². The van der Waals surface area contributed by atoms with E-state index in [9.17, 15) is 18.0 Å². The van der Waals surface area contributed by atoms with Crippen molar-refractivity contribution in [3.8, 4) is 0 Å². The number of hydrogen-bond donors (Lipinski definition) is 3. The fourth-order valence-electron chi connectivity index (χ4n) is 1.58. The fourth-order valence-corrected chi connectivity index (χ4v) is 2.16. The number of anilines is 1. The molecule has 110 valence electrons. The molecule has 1 aromatic rings. The van der Waals surface area contributed by atoms with Crippen molar-refractivity contribution in [2.45, 2.75) is 19.4 Å². The molecule has 1 aromatic carbocycles. The average molecular weight is 300 g/mol. The van der Waals surface area contributed by atoms with Gasteiger partial charge in [0.05, 0.1) is 23.9 Å². The van der Waals surface area contributed by atoms with Crippen LogP contribution in [0, 0.1) is 0 Å². The van der Waals surface area contributed by atoms with Crippen LogP contribution in [0.3, 0.4) is 0 Å². The third-order valence-corrected chi connectivity index (χ3v) is 2.92. The summed E-state index contributed by atoms with van der Waals surface area (Å²) in [7, 11) is -3.50. The molecular weight excluding hydrogens is 284 g/mol. The van der Waals surface area contributed by atoms with E-state index in [0.717, 1.165) is 6.26 Å². The van der Waals surface area contributed by atoms with E-state index in [2.05, 4.69) is 10.0 Å². The van der Waals surface area contributed by atoms with Crippen LogP contribution in [-0.2, 0) is 14.8 Å². The third-order valence-electron chi connectivity index (χ3n) is 2.33. The van der Waals surface area contributed by atoms with Crippen LogP contribution in [0.15, 0.2) is 24.3 Å². The van der Waals surface area contributed by atoms with Crippen molar-refractivity contribution in [1.82, 2.24) is 5.32 Å². The van der Waals surface area contributed by atoms with Gasteiger partial charge in [-0.2, -0.15) is 0 Å². The highest BCUT2D eigenvalue weighted by Crippen LogP contribution is 2.16. The van der Waals surface area contributed by atoms with E-state index in [4.69, 9.17) is 5.11 Å². The number of carbonyl (C=O) groups excluding carboxylic acids is 1. The number of rotatable bonds is 6. The summed E-state index contributed by atoms with van der Waals surface area (Å²) in [5.41, 5.74) is 0.283. The molecule has 0 aliphatic carbocycles. The Balaban J connectivity index is 2.90. The van der Waals surface area contributed by atoms with Crippen molar-refractivity contribution in [3.63, 3.8) is 0 Å². The van der Waals surface area contributed by atoms with Crippen LogP contribution in [-0.4, -0.2) is 37.7 Å².